The van der Waals surface area contributed by atoms with Gasteiger partial charge < -0.3 is 30.0 Å². The van der Waals surface area contributed by atoms with Gasteiger partial charge in [0.15, 0.2) is 17.0 Å². The number of aromatic nitrogens is 4. The average molecular weight is 393 g/mol. The van der Waals surface area contributed by atoms with Gasteiger partial charge in [-0.3, -0.25) is 4.57 Å². The fourth-order valence-electron chi connectivity index (χ4n) is 3.99. The largest absolute Gasteiger partial charge is 1.00 e. The number of rotatable bonds is 3. The quantitative estimate of drug-likeness (QED) is 0.344. The SMILES string of the molecule is CC1(C)[C@]2(O)[C@H](n3cnc4c(Cl)ncnc43)O[C@H](C(O)C(=O)[O-])[C@]12O.[Na+]. The molecule has 2 aliphatic rings. The van der Waals surface area contributed by atoms with Crippen molar-refractivity contribution in [3.63, 3.8) is 0 Å². The van der Waals surface area contributed by atoms with E-state index < -0.39 is 41.0 Å². The van der Waals surface area contributed by atoms with Crippen LogP contribution >= 0.6 is 11.6 Å². The first-order chi connectivity index (χ1) is 11.6. The van der Waals surface area contributed by atoms with Gasteiger partial charge in [0.1, 0.15) is 35.3 Å². The molecule has 1 aliphatic carbocycles. The van der Waals surface area contributed by atoms with E-state index in [-0.39, 0.29) is 45.9 Å². The molecular weight excluding hydrogens is 379 g/mol. The fraction of sp³-hybridized carbons (Fsp3) is 0.571. The van der Waals surface area contributed by atoms with E-state index in [1.807, 2.05) is 0 Å². The Hall–Kier alpha value is -0.850. The van der Waals surface area contributed by atoms with E-state index in [1.165, 1.54) is 17.2 Å². The molecule has 12 heteroatoms. The Bertz CT molecular complexity index is 909. The minimum Gasteiger partial charge on any atom is -0.547 e. The Morgan fingerprint density at radius 1 is 1.35 bits per heavy atom. The number of carboxylic acid groups (broad SMARTS) is 1. The molecule has 2 aromatic heterocycles. The number of fused-ring (bicyclic) bond motifs is 2. The molecule has 0 radical (unpaired) electrons. The van der Waals surface area contributed by atoms with Crippen LogP contribution in [-0.4, -0.2) is 64.2 Å². The van der Waals surface area contributed by atoms with E-state index in [4.69, 9.17) is 16.3 Å². The van der Waals surface area contributed by atoms with Crippen molar-refractivity contribution in [2.75, 3.05) is 0 Å². The second kappa shape index (κ2) is 5.82. The molecule has 1 unspecified atom stereocenters. The summed E-state index contributed by atoms with van der Waals surface area (Å²) in [4.78, 5) is 23.0. The van der Waals surface area contributed by atoms with Crippen molar-refractivity contribution in [1.29, 1.82) is 0 Å². The number of aliphatic hydroxyl groups is 3. The number of carbonyl (C=O) groups is 1. The summed E-state index contributed by atoms with van der Waals surface area (Å²) in [5, 5.41) is 43.0. The van der Waals surface area contributed by atoms with Crippen molar-refractivity contribution < 1.29 is 59.5 Å². The number of hydrogen-bond donors (Lipinski definition) is 3. The predicted molar refractivity (Wildman–Crippen MR) is 78.9 cm³/mol. The van der Waals surface area contributed by atoms with Crippen molar-refractivity contribution in [1.82, 2.24) is 19.5 Å². The maximum Gasteiger partial charge on any atom is 1.00 e. The third-order valence-electron chi connectivity index (χ3n) is 5.56. The number of carboxylic acids is 1. The summed E-state index contributed by atoms with van der Waals surface area (Å²) in [6.45, 7) is 3.08. The van der Waals surface area contributed by atoms with Crippen LogP contribution in [0.5, 0.6) is 0 Å². The van der Waals surface area contributed by atoms with Gasteiger partial charge in [0.2, 0.25) is 0 Å². The van der Waals surface area contributed by atoms with E-state index in [2.05, 4.69) is 15.0 Å². The van der Waals surface area contributed by atoms with Gasteiger partial charge in [-0.2, -0.15) is 0 Å². The standard InChI is InChI=1S/C14H15ClN4O6.Na/c1-12(2)13(23)7(6(20)10(21)22)25-11(14(12,13)24)19-4-18-5-8(15)16-3-17-9(5)19;/h3-4,6-7,11,20,23-24H,1-2H3,(H,21,22);/q;+1/p-1/t6?,7-,11-,13+,14-;/m1./s1. The molecule has 0 bridgehead atoms. The van der Waals surface area contributed by atoms with E-state index in [1.54, 1.807) is 13.8 Å². The van der Waals surface area contributed by atoms with Crippen LogP contribution in [0.4, 0.5) is 0 Å². The molecule has 2 aromatic rings. The number of imidazole rings is 1. The zero-order valence-corrected chi connectivity index (χ0v) is 16.9. The van der Waals surface area contributed by atoms with Gasteiger partial charge >= 0.3 is 29.6 Å². The van der Waals surface area contributed by atoms with Crippen LogP contribution in [0.25, 0.3) is 11.2 Å². The molecule has 4 rings (SSSR count). The third kappa shape index (κ3) is 2.01. The summed E-state index contributed by atoms with van der Waals surface area (Å²) in [5.41, 5.74) is -4.57. The summed E-state index contributed by atoms with van der Waals surface area (Å²) in [6.07, 6.45) is -2.49. The first-order valence-corrected chi connectivity index (χ1v) is 7.79. The van der Waals surface area contributed by atoms with Crippen LogP contribution < -0.4 is 34.7 Å². The van der Waals surface area contributed by atoms with E-state index in [0.717, 1.165) is 0 Å². The van der Waals surface area contributed by atoms with Gasteiger partial charge in [-0.15, -0.1) is 0 Å². The molecular formula is C14H14ClN4NaO6. The molecule has 1 aliphatic heterocycles. The molecule has 0 spiro atoms. The summed E-state index contributed by atoms with van der Waals surface area (Å²) in [7, 11) is 0. The van der Waals surface area contributed by atoms with Gasteiger partial charge in [-0.1, -0.05) is 25.4 Å². The molecule has 134 valence electrons. The molecule has 0 amide bonds. The summed E-state index contributed by atoms with van der Waals surface area (Å²) in [6, 6.07) is 0. The van der Waals surface area contributed by atoms with Crippen molar-refractivity contribution in [2.24, 2.45) is 5.41 Å². The topological polar surface area (TPSA) is 154 Å². The minimum absolute atomic E-state index is 0. The molecule has 5 atom stereocenters. The van der Waals surface area contributed by atoms with Crippen LogP contribution in [0.2, 0.25) is 5.15 Å². The number of halogens is 1. The predicted octanol–water partition coefficient (Wildman–Crippen LogP) is -5.01. The van der Waals surface area contributed by atoms with Crippen molar-refractivity contribution in [2.45, 2.75) is 43.5 Å². The Morgan fingerprint density at radius 3 is 2.62 bits per heavy atom. The van der Waals surface area contributed by atoms with Crippen molar-refractivity contribution >= 4 is 28.7 Å². The van der Waals surface area contributed by atoms with Crippen molar-refractivity contribution in [3.8, 4) is 0 Å². The molecule has 1 saturated heterocycles. The van der Waals surface area contributed by atoms with Gasteiger partial charge in [0.05, 0.1) is 12.3 Å². The molecule has 0 aromatic carbocycles. The van der Waals surface area contributed by atoms with Crippen LogP contribution in [0.1, 0.15) is 20.1 Å². The van der Waals surface area contributed by atoms with E-state index in [0.29, 0.717) is 0 Å². The maximum atomic E-state index is 11.1. The van der Waals surface area contributed by atoms with E-state index in [9.17, 15) is 25.2 Å². The first-order valence-electron chi connectivity index (χ1n) is 7.41. The monoisotopic (exact) mass is 392 g/mol. The Balaban J connectivity index is 0.00000196. The molecule has 1 saturated carbocycles. The Morgan fingerprint density at radius 2 is 2.00 bits per heavy atom. The Labute approximate surface area is 174 Å². The number of ether oxygens (including phenoxy) is 1. The van der Waals surface area contributed by atoms with Crippen LogP contribution in [0.3, 0.4) is 0 Å². The number of nitrogens with zero attached hydrogens (tertiary/aromatic N) is 4. The zero-order valence-electron chi connectivity index (χ0n) is 14.1. The van der Waals surface area contributed by atoms with Gasteiger partial charge in [-0.05, 0) is 0 Å². The van der Waals surface area contributed by atoms with Crippen LogP contribution in [0, 0.1) is 5.41 Å². The average Bonchev–Trinajstić information content (AvgIpc) is 2.93. The van der Waals surface area contributed by atoms with Gasteiger partial charge in [0, 0.05) is 5.41 Å². The number of carbonyl (C=O) groups excluding carboxylic acids is 1. The molecule has 26 heavy (non-hydrogen) atoms. The molecule has 3 heterocycles. The number of hydrogen-bond acceptors (Lipinski definition) is 9. The molecule has 10 nitrogen and oxygen atoms in total. The molecule has 3 N–H and O–H groups in total. The summed E-state index contributed by atoms with van der Waals surface area (Å²) in [5.74, 6) is -1.81. The summed E-state index contributed by atoms with van der Waals surface area (Å²) >= 11 is 5.96. The minimum atomic E-state index is -2.13. The third-order valence-corrected chi connectivity index (χ3v) is 5.84. The van der Waals surface area contributed by atoms with Crippen LogP contribution in [0.15, 0.2) is 12.7 Å². The van der Waals surface area contributed by atoms with Crippen molar-refractivity contribution in [3.05, 3.63) is 17.8 Å². The van der Waals surface area contributed by atoms with E-state index >= 15 is 0 Å². The smallest absolute Gasteiger partial charge is 0.547 e. The number of aliphatic carboxylic acids is 1. The second-order valence-corrected chi connectivity index (χ2v) is 7.18. The van der Waals surface area contributed by atoms with Gasteiger partial charge in [0.25, 0.3) is 0 Å². The maximum absolute atomic E-state index is 11.1. The normalized spacial score (nSPS) is 35.6. The fourth-order valence-corrected chi connectivity index (χ4v) is 4.17. The van der Waals surface area contributed by atoms with Gasteiger partial charge in [-0.25, -0.2) is 15.0 Å². The zero-order chi connectivity index (χ0) is 18.4. The Kier molecular flexibility index (Phi) is 4.46. The second-order valence-electron chi connectivity index (χ2n) is 6.82. The first kappa shape index (κ1) is 19.9. The summed E-state index contributed by atoms with van der Waals surface area (Å²) < 4.78 is 6.85. The molecule has 2 fully saturated rings. The van der Waals surface area contributed by atoms with Crippen LogP contribution in [-0.2, 0) is 9.53 Å². The number of aliphatic hydroxyl groups excluding tert-OH is 1.